The van der Waals surface area contributed by atoms with Crippen molar-refractivity contribution < 1.29 is 9.42 Å². The minimum atomic E-state index is -0.494. The zero-order valence-electron chi connectivity index (χ0n) is 13.4. The monoisotopic (exact) mass is 628 g/mol. The first kappa shape index (κ1) is 20.4. The number of nitrogens with one attached hydrogen (secondary N) is 1. The number of nitrogens with two attached hydrogens (primary N) is 1. The van der Waals surface area contributed by atoms with Gasteiger partial charge in [-0.05, 0) is 21.8 Å². The molecule has 1 amide bonds. The molecule has 0 aliphatic rings. The molecule has 3 aromatic heterocycles. The fraction of sp³-hybridized carbons (Fsp3) is 0.200. The fourth-order valence-electron chi connectivity index (χ4n) is 1.77. The van der Waals surface area contributed by atoms with Gasteiger partial charge in [-0.1, -0.05) is 17.0 Å². The zero-order valence-corrected chi connectivity index (χ0v) is 19.7. The lowest BCUT2D eigenvalue weighted by Crippen LogP contribution is -2.22. The minimum Gasteiger partial charge on any atom is -0.378 e. The third-order valence-electron chi connectivity index (χ3n) is 2.98. The molecule has 3 N–H and O–H groups in total. The standard InChI is InChI=1S/C10H9IN11O2S.Al.HI/c1-2-13-16-9(23)6-5(3-25-10-17-14-4-21(10)11)22(20-15-6)8-7(12)18-24-19-8;;/h4H,3H2,1H3,(H2,12,18)(H,16,23);;1H/q;+1;/p-1. The molecule has 3 rings (SSSR count). The Morgan fingerprint density at radius 3 is 2.93 bits per heavy atom. The Hall–Kier alpha value is -1.30. The molecule has 13 nitrogen and oxygen atoms in total. The molecule has 0 fully saturated rings. The van der Waals surface area contributed by atoms with Crippen LogP contribution < -0.4 is 11.2 Å². The van der Waals surface area contributed by atoms with Gasteiger partial charge in [0.25, 0.3) is 5.91 Å². The quantitative estimate of drug-likeness (QED) is 0.123. The van der Waals surface area contributed by atoms with Crippen molar-refractivity contribution in [3.63, 3.8) is 0 Å². The molecular weight excluding hydrogens is 619 g/mol. The number of hydrogen-bond donors (Lipinski definition) is 2. The lowest BCUT2D eigenvalue weighted by atomic mass is 10.3. The SMILES string of the molecule is C/[C](=N\NC(=O)c1nnn(-c2nonc2N)c1CSc1nncn1I)[Al][I]. The summed E-state index contributed by atoms with van der Waals surface area (Å²) in [6.45, 7) is 1.84. The predicted octanol–water partition coefficient (Wildman–Crippen LogP) is 0.432. The highest BCUT2D eigenvalue weighted by atomic mass is 127. The van der Waals surface area contributed by atoms with Crippen LogP contribution in [0.1, 0.15) is 23.1 Å². The Morgan fingerprint density at radius 1 is 1.48 bits per heavy atom. The number of halogens is 2. The molecule has 0 saturated heterocycles. The maximum Gasteiger partial charge on any atom is 0.382 e. The number of carbonyl (C=O) groups is 1. The lowest BCUT2D eigenvalue weighted by Gasteiger charge is -2.05. The van der Waals surface area contributed by atoms with E-state index in [-0.39, 0.29) is 29.3 Å². The molecule has 0 spiro atoms. The van der Waals surface area contributed by atoms with Crippen LogP contribution in [0.4, 0.5) is 5.82 Å². The van der Waals surface area contributed by atoms with Crippen molar-refractivity contribution in [2.45, 2.75) is 17.8 Å². The Bertz CT molecular complexity index is 986. The summed E-state index contributed by atoms with van der Waals surface area (Å²) in [7, 11) is 0. The molecule has 139 valence electrons. The number of nitrogens with zero attached hydrogens (tertiary/aromatic N) is 9. The summed E-state index contributed by atoms with van der Waals surface area (Å²) in [6.07, 6.45) is 1.56. The number of hydrazone groups is 1. The maximum absolute atomic E-state index is 12.5. The molecule has 0 aromatic carbocycles. The molecule has 0 saturated carbocycles. The molecule has 0 aliphatic heterocycles. The van der Waals surface area contributed by atoms with Crippen molar-refractivity contribution in [1.82, 2.24) is 43.7 Å². The summed E-state index contributed by atoms with van der Waals surface area (Å²) in [5.41, 5.74) is 8.76. The van der Waals surface area contributed by atoms with E-state index >= 15 is 0 Å². The van der Waals surface area contributed by atoms with Crippen LogP contribution in [-0.2, 0) is 5.75 Å². The summed E-state index contributed by atoms with van der Waals surface area (Å²) < 4.78 is 8.49. The van der Waals surface area contributed by atoms with Gasteiger partial charge < -0.3 is 5.73 Å². The van der Waals surface area contributed by atoms with Crippen LogP contribution in [0.2, 0.25) is 0 Å². The molecule has 3 aromatic rings. The number of nitrogen functional groups attached to an aromatic ring is 1. The smallest absolute Gasteiger partial charge is 0.378 e. The molecule has 17 heteroatoms. The van der Waals surface area contributed by atoms with Crippen LogP contribution in [0.15, 0.2) is 21.2 Å². The predicted molar refractivity (Wildman–Crippen MR) is 113 cm³/mol. The van der Waals surface area contributed by atoms with Crippen molar-refractivity contribution in [3.8, 4) is 5.82 Å². The van der Waals surface area contributed by atoms with Crippen molar-refractivity contribution in [2.75, 3.05) is 5.73 Å². The van der Waals surface area contributed by atoms with Crippen LogP contribution in [0.3, 0.4) is 0 Å². The van der Waals surface area contributed by atoms with Gasteiger partial charge in [0.1, 0.15) is 6.33 Å². The van der Waals surface area contributed by atoms with Crippen molar-refractivity contribution in [3.05, 3.63) is 17.7 Å². The summed E-state index contributed by atoms with van der Waals surface area (Å²) in [5, 5.41) is 27.7. The van der Waals surface area contributed by atoms with Gasteiger partial charge >= 0.3 is 11.9 Å². The normalized spacial score (nSPS) is 11.6. The van der Waals surface area contributed by atoms with Gasteiger partial charge in [-0.3, -0.25) is 4.79 Å². The molecule has 3 heterocycles. The van der Waals surface area contributed by atoms with Crippen molar-refractivity contribution in [1.29, 1.82) is 0 Å². The van der Waals surface area contributed by atoms with Gasteiger partial charge in [0.2, 0.25) is 11.6 Å². The van der Waals surface area contributed by atoms with Gasteiger partial charge in [0.05, 0.1) is 28.6 Å². The Labute approximate surface area is 187 Å². The van der Waals surface area contributed by atoms with E-state index < -0.39 is 5.91 Å². The molecule has 0 bridgehead atoms. The van der Waals surface area contributed by atoms with Crippen LogP contribution in [0, 0.1) is 0 Å². The average Bonchev–Trinajstić information content (AvgIpc) is 3.37. The van der Waals surface area contributed by atoms with Gasteiger partial charge in [0.15, 0.2) is 10.9 Å². The first-order chi connectivity index (χ1) is 13.0. The number of anilines is 1. The van der Waals surface area contributed by atoms with Crippen molar-refractivity contribution >= 4 is 83.1 Å². The topological polar surface area (TPSA) is 168 Å². The van der Waals surface area contributed by atoms with E-state index in [4.69, 9.17) is 5.73 Å². The van der Waals surface area contributed by atoms with Crippen molar-refractivity contribution in [2.24, 2.45) is 5.10 Å². The number of amides is 1. The Morgan fingerprint density at radius 2 is 2.30 bits per heavy atom. The third kappa shape index (κ3) is 4.76. The molecular formula is C10H9AlI2N11O2S. The number of rotatable bonds is 7. The zero-order chi connectivity index (χ0) is 19.4. The summed E-state index contributed by atoms with van der Waals surface area (Å²) in [5.74, 6) is -0.0299. The first-order valence-corrected chi connectivity index (χ1v) is 13.7. The highest BCUT2D eigenvalue weighted by molar-refractivity contribution is 14.1. The van der Waals surface area contributed by atoms with Gasteiger partial charge in [0, 0.05) is 5.75 Å². The van der Waals surface area contributed by atoms with E-state index in [1.165, 1.54) is 16.4 Å². The number of thioether (sulfide) groups is 1. The average molecular weight is 628 g/mol. The fourth-order valence-corrected chi connectivity index (χ4v) is 3.72. The summed E-state index contributed by atoms with van der Waals surface area (Å²) in [6, 6.07) is 0. The van der Waals surface area contributed by atoms with Gasteiger partial charge in [-0.2, -0.15) is 4.68 Å². The maximum atomic E-state index is 12.5. The largest absolute Gasteiger partial charge is 0.382 e. The van der Waals surface area contributed by atoms with E-state index in [1.807, 2.05) is 29.8 Å². The van der Waals surface area contributed by atoms with E-state index in [2.05, 4.69) is 66.3 Å². The summed E-state index contributed by atoms with van der Waals surface area (Å²) in [4.78, 5) is 12.5. The summed E-state index contributed by atoms with van der Waals surface area (Å²) >= 11 is 5.60. The van der Waals surface area contributed by atoms with E-state index in [1.54, 1.807) is 9.11 Å². The van der Waals surface area contributed by atoms with Gasteiger partial charge in [-0.25, -0.2) is 38.2 Å². The van der Waals surface area contributed by atoms with E-state index in [0.717, 1.165) is 4.57 Å². The van der Waals surface area contributed by atoms with Crippen LogP contribution in [0.5, 0.6) is 0 Å². The number of aromatic nitrogens is 8. The second kappa shape index (κ2) is 9.27. The Balaban J connectivity index is 1.93. The second-order valence-electron chi connectivity index (χ2n) is 4.79. The van der Waals surface area contributed by atoms with E-state index in [0.29, 0.717) is 16.6 Å². The van der Waals surface area contributed by atoms with Gasteiger partial charge in [-0.15, -0.1) is 15.3 Å². The van der Waals surface area contributed by atoms with Crippen LogP contribution in [0.25, 0.3) is 5.82 Å². The first-order valence-electron chi connectivity index (χ1n) is 7.01. The highest BCUT2D eigenvalue weighted by Crippen LogP contribution is 2.25. The molecule has 0 atom stereocenters. The van der Waals surface area contributed by atoms with Crippen LogP contribution in [-0.4, -0.2) is 60.7 Å². The number of hydrogen-bond acceptors (Lipinski definition) is 11. The third-order valence-corrected chi connectivity index (χ3v) is 8.12. The van der Waals surface area contributed by atoms with Crippen LogP contribution >= 0.6 is 54.9 Å². The molecule has 1 radical (unpaired) electrons. The molecule has 0 aliphatic carbocycles. The molecule has 27 heavy (non-hydrogen) atoms. The lowest BCUT2D eigenvalue weighted by molar-refractivity contribution is 0.0949. The molecule has 0 unspecified atom stereocenters. The van der Waals surface area contributed by atoms with E-state index in [9.17, 15) is 4.79 Å². The Kier molecular flexibility index (Phi) is 7.01. The second-order valence-corrected chi connectivity index (χ2v) is 9.69. The number of carbonyl (C=O) groups excluding carboxylic acids is 1. The highest BCUT2D eigenvalue weighted by Gasteiger charge is 2.24. The minimum absolute atomic E-state index is 0.0145.